The van der Waals surface area contributed by atoms with Gasteiger partial charge in [0, 0.05) is 17.5 Å². The van der Waals surface area contributed by atoms with Crippen LogP contribution in [0.1, 0.15) is 12.8 Å². The minimum Gasteiger partial charge on any atom is -0.399 e. The van der Waals surface area contributed by atoms with Gasteiger partial charge in [0.2, 0.25) is 0 Å². The van der Waals surface area contributed by atoms with Crippen molar-refractivity contribution in [2.45, 2.75) is 18.1 Å². The molecule has 16 heavy (non-hydrogen) atoms. The molecule has 0 aromatic heterocycles. The van der Waals surface area contributed by atoms with E-state index in [1.54, 1.807) is 12.1 Å². The van der Waals surface area contributed by atoms with Crippen LogP contribution >= 0.6 is 35.0 Å². The molecule has 1 fully saturated rings. The van der Waals surface area contributed by atoms with Crippen LogP contribution < -0.4 is 11.1 Å². The summed E-state index contributed by atoms with van der Waals surface area (Å²) in [6.07, 6.45) is 2.57. The van der Waals surface area contributed by atoms with Crippen molar-refractivity contribution >= 4 is 46.3 Å². The molecule has 0 radical (unpaired) electrons. The third-order valence-corrected chi connectivity index (χ3v) is 4.59. The van der Waals surface area contributed by atoms with Crippen molar-refractivity contribution in [1.82, 2.24) is 0 Å². The molecule has 2 nitrogen and oxygen atoms in total. The fraction of sp³-hybridized carbons (Fsp3) is 0.455. The van der Waals surface area contributed by atoms with Gasteiger partial charge in [0.1, 0.15) is 0 Å². The number of hydrogen-bond donors (Lipinski definition) is 2. The van der Waals surface area contributed by atoms with Gasteiger partial charge in [-0.3, -0.25) is 0 Å². The molecule has 1 aliphatic heterocycles. The summed E-state index contributed by atoms with van der Waals surface area (Å²) in [4.78, 5) is 0. The molecule has 0 saturated carbocycles. The Kier molecular flexibility index (Phi) is 4.11. The van der Waals surface area contributed by atoms with Crippen molar-refractivity contribution in [1.29, 1.82) is 0 Å². The Bertz CT molecular complexity index is 355. The van der Waals surface area contributed by atoms with Gasteiger partial charge in [-0.25, -0.2) is 0 Å². The molecule has 1 aromatic rings. The number of nitrogen functional groups attached to an aromatic ring is 1. The Balaban J connectivity index is 2.03. The van der Waals surface area contributed by atoms with Crippen LogP contribution in [-0.2, 0) is 0 Å². The van der Waals surface area contributed by atoms with Crippen molar-refractivity contribution in [2.75, 3.05) is 23.3 Å². The second-order valence-corrected chi connectivity index (χ2v) is 6.10. The number of halogens is 2. The fourth-order valence-corrected chi connectivity index (χ4v) is 3.62. The first-order valence-electron chi connectivity index (χ1n) is 5.27. The molecule has 0 amide bonds. The van der Waals surface area contributed by atoms with Gasteiger partial charge in [0.15, 0.2) is 0 Å². The molecule has 1 unspecified atom stereocenters. The molecule has 2 rings (SSSR count). The van der Waals surface area contributed by atoms with E-state index in [9.17, 15) is 0 Å². The van der Waals surface area contributed by atoms with Crippen LogP contribution in [0.15, 0.2) is 12.1 Å². The monoisotopic (exact) mass is 276 g/mol. The number of thioether (sulfide) groups is 1. The van der Waals surface area contributed by atoms with Crippen LogP contribution in [0.3, 0.4) is 0 Å². The molecule has 1 saturated heterocycles. The zero-order valence-electron chi connectivity index (χ0n) is 8.80. The van der Waals surface area contributed by atoms with E-state index < -0.39 is 0 Å². The van der Waals surface area contributed by atoms with E-state index >= 15 is 0 Å². The average Bonchev–Trinajstić information content (AvgIpc) is 2.68. The summed E-state index contributed by atoms with van der Waals surface area (Å²) in [7, 11) is 0. The van der Waals surface area contributed by atoms with Crippen molar-refractivity contribution in [2.24, 2.45) is 0 Å². The summed E-state index contributed by atoms with van der Waals surface area (Å²) in [5.74, 6) is 1.26. The van der Waals surface area contributed by atoms with E-state index in [-0.39, 0.29) is 0 Å². The summed E-state index contributed by atoms with van der Waals surface area (Å²) in [5, 5.41) is 5.16. The molecule has 1 heterocycles. The topological polar surface area (TPSA) is 38.0 Å². The maximum absolute atomic E-state index is 6.09. The molecule has 1 aromatic carbocycles. The number of benzene rings is 1. The Morgan fingerprint density at radius 1 is 1.38 bits per heavy atom. The number of rotatable bonds is 3. The van der Waals surface area contributed by atoms with Crippen LogP contribution in [0.5, 0.6) is 0 Å². The maximum atomic E-state index is 6.09. The lowest BCUT2D eigenvalue weighted by Gasteiger charge is -2.14. The van der Waals surface area contributed by atoms with Gasteiger partial charge in [-0.1, -0.05) is 23.2 Å². The third kappa shape index (κ3) is 2.90. The molecule has 0 bridgehead atoms. The number of hydrogen-bond acceptors (Lipinski definition) is 3. The van der Waals surface area contributed by atoms with Gasteiger partial charge in [-0.2, -0.15) is 11.8 Å². The summed E-state index contributed by atoms with van der Waals surface area (Å²) >= 11 is 14.2. The maximum Gasteiger partial charge on any atom is 0.0720 e. The van der Waals surface area contributed by atoms with Gasteiger partial charge in [-0.15, -0.1) is 0 Å². The third-order valence-electron chi connectivity index (χ3n) is 2.59. The molecule has 3 N–H and O–H groups in total. The quantitative estimate of drug-likeness (QED) is 0.823. The Morgan fingerprint density at radius 2 is 2.06 bits per heavy atom. The first kappa shape index (κ1) is 12.2. The lowest BCUT2D eigenvalue weighted by molar-refractivity contribution is 0.805. The second kappa shape index (κ2) is 5.39. The van der Waals surface area contributed by atoms with E-state index in [4.69, 9.17) is 28.9 Å². The predicted octanol–water partition coefficient (Wildman–Crippen LogP) is 3.88. The van der Waals surface area contributed by atoms with Crippen LogP contribution in [0.4, 0.5) is 11.4 Å². The van der Waals surface area contributed by atoms with E-state index in [2.05, 4.69) is 5.32 Å². The first-order chi connectivity index (χ1) is 7.66. The van der Waals surface area contributed by atoms with Crippen molar-refractivity contribution < 1.29 is 0 Å². The Hall–Kier alpha value is -0.250. The molecule has 88 valence electrons. The van der Waals surface area contributed by atoms with Gasteiger partial charge < -0.3 is 11.1 Å². The van der Waals surface area contributed by atoms with Crippen molar-refractivity contribution in [3.05, 3.63) is 22.2 Å². The van der Waals surface area contributed by atoms with Crippen LogP contribution in [0, 0.1) is 0 Å². The average molecular weight is 277 g/mol. The van der Waals surface area contributed by atoms with Crippen LogP contribution in [0.2, 0.25) is 10.0 Å². The number of nitrogens with two attached hydrogens (primary N) is 1. The zero-order valence-corrected chi connectivity index (χ0v) is 11.1. The SMILES string of the molecule is Nc1cc(Cl)c(NCC2CCCS2)c(Cl)c1. The largest absolute Gasteiger partial charge is 0.399 e. The van der Waals surface area contributed by atoms with E-state index in [0.717, 1.165) is 12.2 Å². The Labute approximate surface area is 110 Å². The second-order valence-electron chi connectivity index (χ2n) is 3.88. The zero-order chi connectivity index (χ0) is 11.5. The lowest BCUT2D eigenvalue weighted by Crippen LogP contribution is -2.14. The van der Waals surface area contributed by atoms with E-state index in [1.807, 2.05) is 11.8 Å². The van der Waals surface area contributed by atoms with Crippen molar-refractivity contribution in [3.63, 3.8) is 0 Å². The van der Waals surface area contributed by atoms with E-state index in [0.29, 0.717) is 21.0 Å². The number of nitrogens with one attached hydrogen (secondary N) is 1. The van der Waals surface area contributed by atoms with Crippen LogP contribution in [-0.4, -0.2) is 17.5 Å². The van der Waals surface area contributed by atoms with Crippen molar-refractivity contribution in [3.8, 4) is 0 Å². The number of anilines is 2. The van der Waals surface area contributed by atoms with Gasteiger partial charge in [0.25, 0.3) is 0 Å². The molecule has 0 spiro atoms. The highest BCUT2D eigenvalue weighted by atomic mass is 35.5. The Morgan fingerprint density at radius 3 is 2.62 bits per heavy atom. The smallest absolute Gasteiger partial charge is 0.0720 e. The minimum absolute atomic E-state index is 0.591. The minimum atomic E-state index is 0.591. The molecule has 5 heteroatoms. The molecule has 1 aliphatic rings. The normalized spacial score (nSPS) is 20.0. The lowest BCUT2D eigenvalue weighted by atomic mass is 10.2. The highest BCUT2D eigenvalue weighted by Crippen LogP contribution is 2.34. The predicted molar refractivity (Wildman–Crippen MR) is 74.8 cm³/mol. The van der Waals surface area contributed by atoms with Crippen LogP contribution in [0.25, 0.3) is 0 Å². The van der Waals surface area contributed by atoms with E-state index in [1.165, 1.54) is 18.6 Å². The summed E-state index contributed by atoms with van der Waals surface area (Å²) in [5.41, 5.74) is 7.04. The first-order valence-corrected chi connectivity index (χ1v) is 7.07. The molecular weight excluding hydrogens is 263 g/mol. The van der Waals surface area contributed by atoms with Gasteiger partial charge in [0.05, 0.1) is 15.7 Å². The highest BCUT2D eigenvalue weighted by molar-refractivity contribution is 8.00. The molecule has 1 atom stereocenters. The molecular formula is C11H14Cl2N2S. The molecule has 0 aliphatic carbocycles. The van der Waals surface area contributed by atoms with Gasteiger partial charge >= 0.3 is 0 Å². The summed E-state index contributed by atoms with van der Waals surface area (Å²) in [6.45, 7) is 0.911. The fourth-order valence-electron chi connectivity index (χ4n) is 1.78. The summed E-state index contributed by atoms with van der Waals surface area (Å²) in [6, 6.07) is 3.44. The standard InChI is InChI=1S/C11H14Cl2N2S/c12-9-4-7(14)5-10(13)11(9)15-6-8-2-1-3-16-8/h4-5,8,15H,1-3,6,14H2. The summed E-state index contributed by atoms with van der Waals surface area (Å²) < 4.78 is 0. The van der Waals surface area contributed by atoms with Gasteiger partial charge in [-0.05, 0) is 30.7 Å². The highest BCUT2D eigenvalue weighted by Gasteiger charge is 2.16.